The van der Waals surface area contributed by atoms with Crippen molar-refractivity contribution in [2.75, 3.05) is 7.11 Å². The number of ether oxygens (including phenoxy) is 1. The highest BCUT2D eigenvalue weighted by Gasteiger charge is 2.19. The van der Waals surface area contributed by atoms with Gasteiger partial charge in [0.2, 0.25) is 5.78 Å². The molecule has 1 aromatic heterocycles. The minimum Gasteiger partial charge on any atom is -0.497 e. The van der Waals surface area contributed by atoms with Crippen molar-refractivity contribution >= 4 is 28.3 Å². The fraction of sp³-hybridized carbons (Fsp3) is 0.0870. The molecule has 0 radical (unpaired) electrons. The molecule has 4 aromatic rings. The Hall–Kier alpha value is -3.73. The number of hydrogen-bond acceptors (Lipinski definition) is 4. The lowest BCUT2D eigenvalue weighted by atomic mass is 10.1. The van der Waals surface area contributed by atoms with Crippen LogP contribution in [0.5, 0.6) is 5.75 Å². The molecule has 4 rings (SSSR count). The van der Waals surface area contributed by atoms with E-state index in [4.69, 9.17) is 4.74 Å². The molecule has 0 aliphatic heterocycles. The number of fused-ring (bicyclic) bond motifs is 1. The van der Waals surface area contributed by atoms with E-state index in [0.717, 1.165) is 16.6 Å². The number of nitrogens with zero attached hydrogens (tertiary/aromatic N) is 3. The van der Waals surface area contributed by atoms with Crippen LogP contribution in [0.1, 0.15) is 15.9 Å². The monoisotopic (exact) mass is 369 g/mol. The van der Waals surface area contributed by atoms with Crippen molar-refractivity contribution in [3.63, 3.8) is 0 Å². The lowest BCUT2D eigenvalue weighted by molar-refractivity contribution is 0.106. The smallest absolute Gasteiger partial charge is 0.228 e. The quantitative estimate of drug-likeness (QED) is 0.295. The van der Waals surface area contributed by atoms with E-state index in [0.29, 0.717) is 17.0 Å². The van der Waals surface area contributed by atoms with Crippen LogP contribution in [0.3, 0.4) is 0 Å². The summed E-state index contributed by atoms with van der Waals surface area (Å²) in [6.45, 7) is 2.01. The number of carbonyl (C=O) groups excluding carboxylic acids is 1. The first-order chi connectivity index (χ1) is 13.7. The first-order valence-electron chi connectivity index (χ1n) is 8.92. The predicted molar refractivity (Wildman–Crippen MR) is 111 cm³/mol. The van der Waals surface area contributed by atoms with E-state index in [9.17, 15) is 4.79 Å². The maximum absolute atomic E-state index is 13.3. The van der Waals surface area contributed by atoms with Gasteiger partial charge in [-0.2, -0.15) is 0 Å². The van der Waals surface area contributed by atoms with E-state index >= 15 is 0 Å². The molecular weight excluding hydrogens is 350 g/mol. The summed E-state index contributed by atoms with van der Waals surface area (Å²) < 4.78 is 7.05. The Kier molecular flexibility index (Phi) is 4.72. The molecule has 138 valence electrons. The molecule has 0 spiro atoms. The van der Waals surface area contributed by atoms with Crippen molar-refractivity contribution in [2.24, 2.45) is 4.99 Å². The van der Waals surface area contributed by atoms with E-state index in [1.807, 2.05) is 67.6 Å². The number of imidazole rings is 1. The Bertz CT molecular complexity index is 1160. The summed E-state index contributed by atoms with van der Waals surface area (Å²) in [5.74, 6) is 0.796. The Balaban J connectivity index is 1.90. The summed E-state index contributed by atoms with van der Waals surface area (Å²) in [4.78, 5) is 22.4. The number of hydrogen-bond donors (Lipinski definition) is 0. The third kappa shape index (κ3) is 3.42. The van der Waals surface area contributed by atoms with Crippen molar-refractivity contribution in [2.45, 2.75) is 6.92 Å². The number of aliphatic imine (C=N–C) groups is 1. The van der Waals surface area contributed by atoms with Crippen molar-refractivity contribution in [1.82, 2.24) is 9.55 Å². The normalized spacial score (nSPS) is 11.6. The minimum atomic E-state index is -0.178. The average Bonchev–Trinajstić information content (AvgIpc) is 3.16. The van der Waals surface area contributed by atoms with Gasteiger partial charge in [0.25, 0.3) is 0 Å². The third-order valence-electron chi connectivity index (χ3n) is 4.49. The molecule has 0 aliphatic rings. The van der Waals surface area contributed by atoms with Crippen molar-refractivity contribution < 1.29 is 9.53 Å². The molecule has 1 heterocycles. The summed E-state index contributed by atoms with van der Waals surface area (Å²) >= 11 is 0. The van der Waals surface area contributed by atoms with Gasteiger partial charge in [-0.15, -0.1) is 0 Å². The molecule has 0 fully saturated rings. The molecule has 0 saturated heterocycles. The van der Waals surface area contributed by atoms with Crippen molar-refractivity contribution in [3.8, 4) is 5.75 Å². The Morgan fingerprint density at radius 3 is 2.46 bits per heavy atom. The highest BCUT2D eigenvalue weighted by molar-refractivity contribution is 6.46. The molecule has 0 N–H and O–H groups in total. The largest absolute Gasteiger partial charge is 0.497 e. The summed E-state index contributed by atoms with van der Waals surface area (Å²) in [5.41, 5.74) is 3.92. The number of rotatable bonds is 4. The molecule has 28 heavy (non-hydrogen) atoms. The van der Waals surface area contributed by atoms with Gasteiger partial charge in [-0.3, -0.25) is 9.36 Å². The molecule has 0 aliphatic carbocycles. The van der Waals surface area contributed by atoms with Crippen LogP contribution < -0.4 is 4.74 Å². The van der Waals surface area contributed by atoms with Crippen LogP contribution in [0.2, 0.25) is 0 Å². The maximum atomic E-state index is 13.3. The van der Waals surface area contributed by atoms with E-state index in [2.05, 4.69) is 9.98 Å². The molecule has 5 heteroatoms. The van der Waals surface area contributed by atoms with E-state index in [1.54, 1.807) is 30.1 Å². The summed E-state index contributed by atoms with van der Waals surface area (Å²) in [6.07, 6.45) is 1.62. The number of ketones is 1. The number of aromatic nitrogens is 2. The molecule has 0 unspecified atom stereocenters. The van der Waals surface area contributed by atoms with Crippen LogP contribution in [0, 0.1) is 6.92 Å². The third-order valence-corrected chi connectivity index (χ3v) is 4.49. The lowest BCUT2D eigenvalue weighted by Gasteiger charge is -2.09. The Labute approximate surface area is 162 Å². The highest BCUT2D eigenvalue weighted by Crippen LogP contribution is 2.22. The molecule has 5 nitrogen and oxygen atoms in total. The van der Waals surface area contributed by atoms with Crippen LogP contribution in [0.25, 0.3) is 11.0 Å². The number of aryl methyl sites for hydroxylation is 1. The average molecular weight is 369 g/mol. The molecule has 0 amide bonds. The van der Waals surface area contributed by atoms with Gasteiger partial charge >= 0.3 is 0 Å². The standard InChI is InChI=1S/C23H19N3O2/c1-16-8-10-18(11-9-16)25-23(22(27)17-6-4-3-5-7-17)26-15-24-20-13-12-19(28-2)14-21(20)26/h3-15H,1-2H3. The number of methoxy groups -OCH3 is 1. The van der Waals surface area contributed by atoms with Crippen molar-refractivity contribution in [3.05, 3.63) is 90.3 Å². The van der Waals surface area contributed by atoms with Gasteiger partial charge in [0, 0.05) is 11.6 Å². The van der Waals surface area contributed by atoms with Gasteiger partial charge < -0.3 is 4.74 Å². The van der Waals surface area contributed by atoms with E-state index in [1.165, 1.54) is 0 Å². The molecule has 3 aromatic carbocycles. The highest BCUT2D eigenvalue weighted by atomic mass is 16.5. The molecule has 0 atom stereocenters. The summed E-state index contributed by atoms with van der Waals surface area (Å²) in [7, 11) is 1.61. The van der Waals surface area contributed by atoms with Crippen LogP contribution in [-0.2, 0) is 0 Å². The first kappa shape index (κ1) is 17.7. The maximum Gasteiger partial charge on any atom is 0.228 e. The Morgan fingerprint density at radius 1 is 1.00 bits per heavy atom. The van der Waals surface area contributed by atoms with Crippen LogP contribution in [-0.4, -0.2) is 28.3 Å². The lowest BCUT2D eigenvalue weighted by Crippen LogP contribution is -2.22. The zero-order valence-corrected chi connectivity index (χ0v) is 15.7. The summed E-state index contributed by atoms with van der Waals surface area (Å²) in [5, 5.41) is 0. The van der Waals surface area contributed by atoms with Gasteiger partial charge in [-0.05, 0) is 31.2 Å². The Morgan fingerprint density at radius 2 is 1.75 bits per heavy atom. The van der Waals surface area contributed by atoms with Gasteiger partial charge in [-0.1, -0.05) is 48.0 Å². The first-order valence-corrected chi connectivity index (χ1v) is 8.92. The SMILES string of the molecule is COc1ccc2ncn(C(=Nc3ccc(C)cc3)C(=O)c3ccccc3)c2c1. The second kappa shape index (κ2) is 7.48. The molecule has 0 saturated carbocycles. The van der Waals surface area contributed by atoms with Gasteiger partial charge in [0.15, 0.2) is 5.84 Å². The number of Topliss-reactive ketones (excluding diaryl/α,β-unsaturated/α-hetero) is 1. The van der Waals surface area contributed by atoms with E-state index in [-0.39, 0.29) is 11.6 Å². The topological polar surface area (TPSA) is 56.5 Å². The molecular formula is C23H19N3O2. The van der Waals surface area contributed by atoms with Gasteiger partial charge in [-0.25, -0.2) is 9.98 Å². The second-order valence-electron chi connectivity index (χ2n) is 6.44. The van der Waals surface area contributed by atoms with Crippen LogP contribution in [0.4, 0.5) is 5.69 Å². The summed E-state index contributed by atoms with van der Waals surface area (Å²) in [6, 6.07) is 22.4. The number of benzene rings is 3. The van der Waals surface area contributed by atoms with Gasteiger partial charge in [0.05, 0.1) is 23.8 Å². The minimum absolute atomic E-state index is 0.178. The fourth-order valence-corrected chi connectivity index (χ4v) is 2.96. The second-order valence-corrected chi connectivity index (χ2v) is 6.44. The molecule has 0 bridgehead atoms. The van der Waals surface area contributed by atoms with Crippen molar-refractivity contribution in [1.29, 1.82) is 0 Å². The van der Waals surface area contributed by atoms with E-state index < -0.39 is 0 Å². The zero-order valence-electron chi connectivity index (χ0n) is 15.7. The van der Waals surface area contributed by atoms with Crippen LogP contribution in [0.15, 0.2) is 84.1 Å². The zero-order chi connectivity index (χ0) is 19.5. The number of carbonyl (C=O) groups is 1. The van der Waals surface area contributed by atoms with Crippen LogP contribution >= 0.6 is 0 Å². The predicted octanol–water partition coefficient (Wildman–Crippen LogP) is 4.81. The fourth-order valence-electron chi connectivity index (χ4n) is 2.96. The van der Waals surface area contributed by atoms with Gasteiger partial charge in [0.1, 0.15) is 12.1 Å².